The quantitative estimate of drug-likeness (QED) is 0.441. The second-order valence-corrected chi connectivity index (χ2v) is 12.0. The third kappa shape index (κ3) is 4.69. The predicted molar refractivity (Wildman–Crippen MR) is 117 cm³/mol. The van der Waals surface area contributed by atoms with Crippen LogP contribution in [0.5, 0.6) is 0 Å². The molecule has 0 spiro atoms. The van der Waals surface area contributed by atoms with E-state index < -0.39 is 9.84 Å². The predicted octanol–water partition coefficient (Wildman–Crippen LogP) is 5.27. The van der Waals surface area contributed by atoms with Crippen molar-refractivity contribution in [3.63, 3.8) is 0 Å². The van der Waals surface area contributed by atoms with Crippen molar-refractivity contribution in [2.75, 3.05) is 6.26 Å². The number of carbonyl (C=O) groups is 2. The Morgan fingerprint density at radius 2 is 1.76 bits per heavy atom. The van der Waals surface area contributed by atoms with Crippen LogP contribution in [0.15, 0.2) is 28.5 Å². The van der Waals surface area contributed by atoms with Gasteiger partial charge < -0.3 is 0 Å². The third-order valence-corrected chi connectivity index (χ3v) is 8.44. The summed E-state index contributed by atoms with van der Waals surface area (Å²) in [6, 6.07) is 7.56. The van der Waals surface area contributed by atoms with Crippen LogP contribution < -0.4 is 0 Å². The van der Waals surface area contributed by atoms with E-state index in [4.69, 9.17) is 0 Å². The first-order valence-corrected chi connectivity index (χ1v) is 12.8. The summed E-state index contributed by atoms with van der Waals surface area (Å²) in [5, 5.41) is 0. The maximum Gasteiger partial charge on any atom is 0.203 e. The number of Topliss-reactive ketones (excluding diaryl/α,β-unsaturated/α-hetero) is 1. The molecule has 0 N–H and O–H groups in total. The molecule has 3 rings (SSSR count). The van der Waals surface area contributed by atoms with E-state index in [1.165, 1.54) is 12.0 Å². The zero-order valence-corrected chi connectivity index (χ0v) is 19.1. The molecule has 0 atom stereocenters. The van der Waals surface area contributed by atoms with Crippen molar-refractivity contribution in [3.8, 4) is 0 Å². The average molecular weight is 433 g/mol. The number of hydrogen-bond donors (Lipinski definition) is 0. The Kier molecular flexibility index (Phi) is 6.16. The van der Waals surface area contributed by atoms with Gasteiger partial charge in [-0.15, -0.1) is 11.3 Å². The molecule has 1 aromatic carbocycles. The Hall–Kier alpha value is -1.79. The topological polar surface area (TPSA) is 68.3 Å². The smallest absolute Gasteiger partial charge is 0.203 e. The number of hydrogen-bond acceptors (Lipinski definition) is 5. The average Bonchev–Trinajstić information content (AvgIpc) is 3.00. The number of sulfone groups is 1. The highest BCUT2D eigenvalue weighted by Crippen LogP contribution is 2.43. The Morgan fingerprint density at radius 3 is 2.34 bits per heavy atom. The van der Waals surface area contributed by atoms with Gasteiger partial charge in [-0.05, 0) is 35.8 Å². The number of aryl methyl sites for hydroxylation is 1. The molecular weight excluding hydrogens is 404 g/mol. The highest BCUT2D eigenvalue weighted by Gasteiger charge is 2.39. The van der Waals surface area contributed by atoms with Gasteiger partial charge in [-0.1, -0.05) is 57.9 Å². The molecule has 0 fully saturated rings. The van der Waals surface area contributed by atoms with E-state index in [9.17, 15) is 18.0 Å². The molecule has 1 heterocycles. The summed E-state index contributed by atoms with van der Waals surface area (Å²) in [6.07, 6.45) is 6.37. The molecule has 4 nitrogen and oxygen atoms in total. The molecule has 1 aliphatic carbocycles. The summed E-state index contributed by atoms with van der Waals surface area (Å²) >= 11 is 0.952. The largest absolute Gasteiger partial charge is 0.294 e. The van der Waals surface area contributed by atoms with Crippen LogP contribution >= 0.6 is 11.3 Å². The molecule has 1 aliphatic rings. The molecule has 156 valence electrons. The molecule has 0 radical (unpaired) electrons. The van der Waals surface area contributed by atoms with E-state index in [0.717, 1.165) is 36.9 Å². The number of unbranched alkanes of at least 4 members (excludes halogenated alkanes) is 2. The minimum absolute atomic E-state index is 0.0348. The monoisotopic (exact) mass is 432 g/mol. The molecule has 0 unspecified atom stereocenters. The minimum atomic E-state index is -3.58. The van der Waals surface area contributed by atoms with Crippen molar-refractivity contribution < 1.29 is 18.0 Å². The highest BCUT2D eigenvalue weighted by atomic mass is 32.2. The van der Waals surface area contributed by atoms with Crippen LogP contribution in [0.4, 0.5) is 0 Å². The molecule has 0 saturated carbocycles. The molecule has 0 saturated heterocycles. The van der Waals surface area contributed by atoms with Gasteiger partial charge in [0.2, 0.25) is 5.78 Å². The van der Waals surface area contributed by atoms with Gasteiger partial charge in [0.1, 0.15) is 4.21 Å². The van der Waals surface area contributed by atoms with E-state index in [1.807, 2.05) is 38.1 Å². The fourth-order valence-electron chi connectivity index (χ4n) is 3.93. The standard InChI is InChI=1S/C23H28O4S2/c1-5-6-7-8-15-9-11-16(12-10-15)20(25)21-17-13-23(2,3)14-18(24)19(17)22(28-21)29(4,26)27/h9-12H,5-8,13-14H2,1-4H3. The van der Waals surface area contributed by atoms with Crippen molar-refractivity contribution >= 4 is 32.7 Å². The first-order chi connectivity index (χ1) is 13.5. The molecule has 1 aromatic heterocycles. The maximum atomic E-state index is 13.3. The van der Waals surface area contributed by atoms with Gasteiger partial charge in [0.05, 0.1) is 10.4 Å². The number of carbonyl (C=O) groups excluding carboxylic acids is 2. The summed E-state index contributed by atoms with van der Waals surface area (Å²) in [5.41, 5.74) is 2.28. The molecule has 0 bridgehead atoms. The molecule has 6 heteroatoms. The van der Waals surface area contributed by atoms with Crippen LogP contribution in [0.1, 0.15) is 83.2 Å². The number of benzene rings is 1. The van der Waals surface area contributed by atoms with Gasteiger partial charge in [-0.25, -0.2) is 8.42 Å². The van der Waals surface area contributed by atoms with Gasteiger partial charge in [-0.3, -0.25) is 9.59 Å². The fraction of sp³-hybridized carbons (Fsp3) is 0.478. The lowest BCUT2D eigenvalue weighted by molar-refractivity contribution is 0.0909. The lowest BCUT2D eigenvalue weighted by Crippen LogP contribution is -2.28. The molecule has 0 amide bonds. The molecule has 29 heavy (non-hydrogen) atoms. The van der Waals surface area contributed by atoms with Gasteiger partial charge in [-0.2, -0.15) is 0 Å². The summed E-state index contributed by atoms with van der Waals surface area (Å²) in [4.78, 5) is 26.4. The first kappa shape index (κ1) is 21.9. The van der Waals surface area contributed by atoms with Crippen molar-refractivity contribution in [2.24, 2.45) is 5.41 Å². The Labute approximate surface area is 177 Å². The molecular formula is C23H28O4S2. The fourth-order valence-corrected chi connectivity index (χ4v) is 6.43. The lowest BCUT2D eigenvalue weighted by atomic mass is 9.74. The number of thiophene rings is 1. The zero-order chi connectivity index (χ0) is 21.4. The van der Waals surface area contributed by atoms with Gasteiger partial charge in [0.25, 0.3) is 0 Å². The van der Waals surface area contributed by atoms with Gasteiger partial charge in [0.15, 0.2) is 15.6 Å². The summed E-state index contributed by atoms with van der Waals surface area (Å²) in [6.45, 7) is 6.12. The highest BCUT2D eigenvalue weighted by molar-refractivity contribution is 7.92. The van der Waals surface area contributed by atoms with Crippen LogP contribution in [-0.2, 0) is 22.7 Å². The van der Waals surface area contributed by atoms with Crippen LogP contribution in [0.3, 0.4) is 0 Å². The SMILES string of the molecule is CCCCCc1ccc(C(=O)c2sc(S(C)(=O)=O)c3c2CC(C)(C)CC3=O)cc1. The Balaban J connectivity index is 2.00. The van der Waals surface area contributed by atoms with Crippen molar-refractivity contribution in [1.29, 1.82) is 0 Å². The summed E-state index contributed by atoms with van der Waals surface area (Å²) in [5.74, 6) is -0.384. The van der Waals surface area contributed by atoms with Crippen molar-refractivity contribution in [1.82, 2.24) is 0 Å². The van der Waals surface area contributed by atoms with E-state index >= 15 is 0 Å². The number of rotatable bonds is 7. The lowest BCUT2D eigenvalue weighted by Gasteiger charge is -2.29. The van der Waals surface area contributed by atoms with Crippen LogP contribution in [0.25, 0.3) is 0 Å². The van der Waals surface area contributed by atoms with E-state index in [2.05, 4.69) is 6.92 Å². The normalized spacial score (nSPS) is 15.9. The van der Waals surface area contributed by atoms with Gasteiger partial charge >= 0.3 is 0 Å². The zero-order valence-electron chi connectivity index (χ0n) is 17.5. The minimum Gasteiger partial charge on any atom is -0.294 e. The summed E-state index contributed by atoms with van der Waals surface area (Å²) in [7, 11) is -3.58. The second kappa shape index (κ2) is 8.15. The van der Waals surface area contributed by atoms with Crippen LogP contribution in [-0.4, -0.2) is 26.2 Å². The Bertz CT molecular complexity index is 1040. The summed E-state index contributed by atoms with van der Waals surface area (Å²) < 4.78 is 24.6. The number of fused-ring (bicyclic) bond motifs is 1. The van der Waals surface area contributed by atoms with E-state index in [0.29, 0.717) is 28.8 Å². The van der Waals surface area contributed by atoms with E-state index in [1.54, 1.807) is 0 Å². The number of ketones is 2. The van der Waals surface area contributed by atoms with Crippen molar-refractivity contribution in [2.45, 2.75) is 63.5 Å². The molecule has 2 aromatic rings. The van der Waals surface area contributed by atoms with E-state index in [-0.39, 0.29) is 26.8 Å². The first-order valence-electron chi connectivity index (χ1n) is 10.1. The van der Waals surface area contributed by atoms with Crippen LogP contribution in [0.2, 0.25) is 0 Å². The Morgan fingerprint density at radius 1 is 1.10 bits per heavy atom. The third-order valence-electron chi connectivity index (χ3n) is 5.38. The maximum absolute atomic E-state index is 13.3. The van der Waals surface area contributed by atoms with Crippen LogP contribution in [0, 0.1) is 5.41 Å². The van der Waals surface area contributed by atoms with Gasteiger partial charge in [0, 0.05) is 18.2 Å². The van der Waals surface area contributed by atoms with Crippen molar-refractivity contribution in [3.05, 3.63) is 51.4 Å². The second-order valence-electron chi connectivity index (χ2n) is 8.77. The molecule has 0 aliphatic heterocycles.